The van der Waals surface area contributed by atoms with E-state index in [4.69, 9.17) is 4.52 Å². The molecule has 0 saturated carbocycles. The molecule has 0 bridgehead atoms. The molecule has 22 heavy (non-hydrogen) atoms. The van der Waals surface area contributed by atoms with Gasteiger partial charge in [-0.3, -0.25) is 0 Å². The van der Waals surface area contributed by atoms with Crippen molar-refractivity contribution < 1.29 is 12.9 Å². The molecule has 0 spiro atoms. The topological polar surface area (TPSA) is 60.2 Å². The fraction of sp³-hybridized carbons (Fsp3) is 0.118. The SMILES string of the molecule is O=S(=O)(CCc1cc(-c2ccccc2)no1)c1ccccc1. The minimum atomic E-state index is -3.30. The van der Waals surface area contributed by atoms with E-state index in [0.717, 1.165) is 5.56 Å². The molecule has 2 aromatic carbocycles. The Balaban J connectivity index is 1.72. The van der Waals surface area contributed by atoms with E-state index in [0.29, 0.717) is 22.8 Å². The molecule has 3 rings (SSSR count). The van der Waals surface area contributed by atoms with E-state index in [1.165, 1.54) is 0 Å². The second-order valence-corrected chi connectivity index (χ2v) is 7.04. The van der Waals surface area contributed by atoms with Crippen LogP contribution in [0.25, 0.3) is 11.3 Å². The van der Waals surface area contributed by atoms with Gasteiger partial charge in [0.25, 0.3) is 0 Å². The molecule has 0 aliphatic carbocycles. The highest BCUT2D eigenvalue weighted by Gasteiger charge is 2.16. The highest BCUT2D eigenvalue weighted by Crippen LogP contribution is 2.19. The minimum absolute atomic E-state index is 0.000433. The Bertz CT molecular complexity index is 840. The number of hydrogen-bond donors (Lipinski definition) is 0. The van der Waals surface area contributed by atoms with E-state index in [1.54, 1.807) is 36.4 Å². The summed E-state index contributed by atoms with van der Waals surface area (Å²) in [6, 6.07) is 19.9. The molecule has 0 saturated heterocycles. The van der Waals surface area contributed by atoms with Gasteiger partial charge >= 0.3 is 0 Å². The van der Waals surface area contributed by atoms with Crippen LogP contribution in [0, 0.1) is 0 Å². The van der Waals surface area contributed by atoms with Gasteiger partial charge in [-0.25, -0.2) is 8.42 Å². The largest absolute Gasteiger partial charge is 0.361 e. The summed E-state index contributed by atoms with van der Waals surface area (Å²) in [6.45, 7) is 0. The molecule has 5 heteroatoms. The van der Waals surface area contributed by atoms with Crippen molar-refractivity contribution >= 4 is 9.84 Å². The number of sulfone groups is 1. The van der Waals surface area contributed by atoms with Crippen LogP contribution in [0.1, 0.15) is 5.76 Å². The summed E-state index contributed by atoms with van der Waals surface area (Å²) in [5, 5.41) is 3.99. The third-order valence-corrected chi connectivity index (χ3v) is 5.08. The van der Waals surface area contributed by atoms with Crippen molar-refractivity contribution in [2.45, 2.75) is 11.3 Å². The molecular formula is C17H15NO3S. The van der Waals surface area contributed by atoms with Crippen LogP contribution in [0.5, 0.6) is 0 Å². The molecule has 0 N–H and O–H groups in total. The van der Waals surface area contributed by atoms with E-state index < -0.39 is 9.84 Å². The Morgan fingerprint density at radius 1 is 0.909 bits per heavy atom. The van der Waals surface area contributed by atoms with Crippen LogP contribution in [0.15, 0.2) is 76.1 Å². The quantitative estimate of drug-likeness (QED) is 0.724. The second-order valence-electron chi connectivity index (χ2n) is 4.93. The van der Waals surface area contributed by atoms with E-state index in [1.807, 2.05) is 30.3 Å². The van der Waals surface area contributed by atoms with Crippen LogP contribution >= 0.6 is 0 Å². The van der Waals surface area contributed by atoms with Gasteiger partial charge in [-0.05, 0) is 12.1 Å². The lowest BCUT2D eigenvalue weighted by Crippen LogP contribution is -2.08. The zero-order valence-corrected chi connectivity index (χ0v) is 12.7. The summed E-state index contributed by atoms with van der Waals surface area (Å²) in [4.78, 5) is 0.331. The highest BCUT2D eigenvalue weighted by molar-refractivity contribution is 7.91. The van der Waals surface area contributed by atoms with Crippen LogP contribution in [0.3, 0.4) is 0 Å². The first-order chi connectivity index (χ1) is 10.6. The fourth-order valence-electron chi connectivity index (χ4n) is 2.16. The molecule has 0 aliphatic rings. The number of hydrogen-bond acceptors (Lipinski definition) is 4. The molecule has 0 amide bonds. The van der Waals surface area contributed by atoms with E-state index >= 15 is 0 Å². The fourth-order valence-corrected chi connectivity index (χ4v) is 3.43. The smallest absolute Gasteiger partial charge is 0.178 e. The van der Waals surface area contributed by atoms with Gasteiger partial charge in [0, 0.05) is 18.1 Å². The second kappa shape index (κ2) is 6.15. The molecular weight excluding hydrogens is 298 g/mol. The third-order valence-electron chi connectivity index (χ3n) is 3.35. The maximum atomic E-state index is 12.2. The first-order valence-electron chi connectivity index (χ1n) is 6.94. The molecule has 0 atom stereocenters. The van der Waals surface area contributed by atoms with Crippen LogP contribution < -0.4 is 0 Å². The van der Waals surface area contributed by atoms with E-state index in [2.05, 4.69) is 5.16 Å². The van der Waals surface area contributed by atoms with Gasteiger partial charge in [0.05, 0.1) is 10.6 Å². The van der Waals surface area contributed by atoms with Gasteiger partial charge in [0.15, 0.2) is 9.84 Å². The minimum Gasteiger partial charge on any atom is -0.361 e. The van der Waals surface area contributed by atoms with Crippen LogP contribution in [0.4, 0.5) is 0 Å². The predicted octanol–water partition coefficient (Wildman–Crippen LogP) is 3.36. The van der Waals surface area contributed by atoms with Crippen molar-refractivity contribution in [3.63, 3.8) is 0 Å². The van der Waals surface area contributed by atoms with Crippen LogP contribution in [-0.4, -0.2) is 19.3 Å². The van der Waals surface area contributed by atoms with Gasteiger partial charge in [0.2, 0.25) is 0 Å². The lowest BCUT2D eigenvalue weighted by molar-refractivity contribution is 0.389. The normalized spacial score (nSPS) is 11.5. The van der Waals surface area contributed by atoms with Crippen molar-refractivity contribution in [1.82, 2.24) is 5.16 Å². The number of rotatable bonds is 5. The number of aromatic nitrogens is 1. The van der Waals surface area contributed by atoms with Crippen molar-refractivity contribution in [1.29, 1.82) is 0 Å². The van der Waals surface area contributed by atoms with Gasteiger partial charge in [-0.2, -0.15) is 0 Å². The zero-order valence-electron chi connectivity index (χ0n) is 11.8. The molecule has 0 fully saturated rings. The Hall–Kier alpha value is -2.40. The molecule has 1 aromatic heterocycles. The summed E-state index contributed by atoms with van der Waals surface area (Å²) in [6.07, 6.45) is 0.303. The summed E-state index contributed by atoms with van der Waals surface area (Å²) in [5.74, 6) is 0.568. The van der Waals surface area contributed by atoms with Crippen molar-refractivity contribution in [3.8, 4) is 11.3 Å². The molecule has 112 valence electrons. The van der Waals surface area contributed by atoms with Gasteiger partial charge in [0.1, 0.15) is 11.5 Å². The molecule has 0 aliphatic heterocycles. The summed E-state index contributed by atoms with van der Waals surface area (Å²) < 4.78 is 29.7. The third kappa shape index (κ3) is 3.26. The maximum Gasteiger partial charge on any atom is 0.178 e. The summed E-state index contributed by atoms with van der Waals surface area (Å²) >= 11 is 0. The first-order valence-corrected chi connectivity index (χ1v) is 8.59. The van der Waals surface area contributed by atoms with Gasteiger partial charge < -0.3 is 4.52 Å². The Kier molecular flexibility index (Phi) is 4.06. The predicted molar refractivity (Wildman–Crippen MR) is 84.1 cm³/mol. The van der Waals surface area contributed by atoms with E-state index in [-0.39, 0.29) is 5.75 Å². The number of nitrogens with zero attached hydrogens (tertiary/aromatic N) is 1. The molecule has 3 aromatic rings. The number of aryl methyl sites for hydroxylation is 1. The number of benzene rings is 2. The molecule has 1 heterocycles. The van der Waals surface area contributed by atoms with Gasteiger partial charge in [-0.1, -0.05) is 53.7 Å². The highest BCUT2D eigenvalue weighted by atomic mass is 32.2. The Morgan fingerprint density at radius 2 is 1.55 bits per heavy atom. The summed E-state index contributed by atoms with van der Waals surface area (Å²) in [7, 11) is -3.30. The summed E-state index contributed by atoms with van der Waals surface area (Å²) in [5.41, 5.74) is 1.66. The Labute approximate surface area is 129 Å². The van der Waals surface area contributed by atoms with Crippen LogP contribution in [0.2, 0.25) is 0 Å². The van der Waals surface area contributed by atoms with Gasteiger partial charge in [-0.15, -0.1) is 0 Å². The monoisotopic (exact) mass is 313 g/mol. The molecule has 0 radical (unpaired) electrons. The van der Waals surface area contributed by atoms with Crippen molar-refractivity contribution in [2.75, 3.05) is 5.75 Å². The standard InChI is InChI=1S/C17H15NO3S/c19-22(20,16-9-5-2-6-10-16)12-11-15-13-17(18-21-15)14-7-3-1-4-8-14/h1-10,13H,11-12H2. The average Bonchev–Trinajstić information content (AvgIpc) is 3.04. The van der Waals surface area contributed by atoms with E-state index in [9.17, 15) is 8.42 Å². The van der Waals surface area contributed by atoms with Crippen molar-refractivity contribution in [3.05, 3.63) is 72.5 Å². The lowest BCUT2D eigenvalue weighted by atomic mass is 10.1. The lowest BCUT2D eigenvalue weighted by Gasteiger charge is -2.02. The first kappa shape index (κ1) is 14.5. The Morgan fingerprint density at radius 3 is 2.23 bits per heavy atom. The van der Waals surface area contributed by atoms with Crippen molar-refractivity contribution in [2.24, 2.45) is 0 Å². The maximum absolute atomic E-state index is 12.2. The molecule has 4 nitrogen and oxygen atoms in total. The van der Waals surface area contributed by atoms with Crippen LogP contribution in [-0.2, 0) is 16.3 Å². The molecule has 0 unspecified atom stereocenters. The zero-order chi connectivity index (χ0) is 15.4. The average molecular weight is 313 g/mol.